The molecule has 0 saturated heterocycles. The first-order valence-electron chi connectivity index (χ1n) is 10.4. The van der Waals surface area contributed by atoms with E-state index in [4.69, 9.17) is 8.85 Å². The molecule has 0 aliphatic heterocycles. The molecule has 0 aliphatic rings. The molecule has 3 heterocycles. The maximum absolute atomic E-state index is 12.9. The lowest BCUT2D eigenvalue weighted by Gasteiger charge is -2.11. The highest BCUT2D eigenvalue weighted by Crippen LogP contribution is 2.30. The van der Waals surface area contributed by atoms with Gasteiger partial charge in [-0.2, -0.15) is 18.3 Å². The molecule has 0 atom stereocenters. The van der Waals surface area contributed by atoms with Crippen LogP contribution in [0.1, 0.15) is 25.9 Å². The highest BCUT2D eigenvalue weighted by atomic mass is 19.4. The van der Waals surface area contributed by atoms with Crippen molar-refractivity contribution in [2.24, 2.45) is 0 Å². The van der Waals surface area contributed by atoms with E-state index in [1.54, 1.807) is 24.3 Å². The van der Waals surface area contributed by atoms with Gasteiger partial charge in [-0.05, 0) is 37.2 Å². The van der Waals surface area contributed by atoms with Crippen LogP contribution in [0.5, 0.6) is 5.88 Å². The molecule has 7 nitrogen and oxygen atoms in total. The maximum Gasteiger partial charge on any atom is 0.433 e. The van der Waals surface area contributed by atoms with Crippen molar-refractivity contribution in [3.8, 4) is 11.6 Å². The zero-order valence-electron chi connectivity index (χ0n) is 18.9. The van der Waals surface area contributed by atoms with Gasteiger partial charge in [-0.15, -0.1) is 0 Å². The summed E-state index contributed by atoms with van der Waals surface area (Å²) >= 11 is 0. The van der Waals surface area contributed by atoms with Gasteiger partial charge in [0.05, 0.1) is 30.3 Å². The van der Waals surface area contributed by atoms with Gasteiger partial charge in [0.2, 0.25) is 5.88 Å². The quantitative estimate of drug-likeness (QED) is 0.519. The summed E-state index contributed by atoms with van der Waals surface area (Å²) in [7, 11) is 1.45. The van der Waals surface area contributed by atoms with E-state index >= 15 is 0 Å². The van der Waals surface area contributed by atoms with E-state index in [-0.39, 0.29) is 11.3 Å². The van der Waals surface area contributed by atoms with Gasteiger partial charge >= 0.3 is 6.18 Å². The number of fused-ring (bicyclic) bond motifs is 1. The van der Waals surface area contributed by atoms with Gasteiger partial charge in [0.25, 0.3) is 5.91 Å². The number of amides is 1. The molecule has 158 valence electrons. The van der Waals surface area contributed by atoms with Gasteiger partial charge in [-0.3, -0.25) is 9.78 Å². The van der Waals surface area contributed by atoms with Crippen molar-refractivity contribution in [2.45, 2.75) is 13.0 Å². The fraction of sp³-hybridized carbons (Fsp3) is 0.143. The summed E-state index contributed by atoms with van der Waals surface area (Å²) < 4.78 is 69.2. The number of carbonyl (C=O) groups is 1. The average molecular weight is 430 g/mol. The van der Waals surface area contributed by atoms with Crippen LogP contribution in [0.3, 0.4) is 0 Å². The minimum Gasteiger partial charge on any atom is -0.481 e. The second kappa shape index (κ2) is 7.71. The Morgan fingerprint density at radius 2 is 1.97 bits per heavy atom. The normalized spacial score (nSPS) is 13.4. The fourth-order valence-corrected chi connectivity index (χ4v) is 3.07. The van der Waals surface area contributed by atoms with Crippen LogP contribution in [0, 0.1) is 6.85 Å². The van der Waals surface area contributed by atoms with E-state index in [1.165, 1.54) is 13.3 Å². The molecule has 10 heteroatoms. The first-order chi connectivity index (χ1) is 16.0. The molecule has 3 aromatic heterocycles. The summed E-state index contributed by atoms with van der Waals surface area (Å²) in [6.45, 7) is -2.78. The summed E-state index contributed by atoms with van der Waals surface area (Å²) in [5.41, 5.74) is -1.76. The monoisotopic (exact) mass is 430 g/mol. The van der Waals surface area contributed by atoms with Crippen molar-refractivity contribution in [3.05, 3.63) is 71.9 Å². The van der Waals surface area contributed by atoms with Gasteiger partial charge < -0.3 is 10.1 Å². The van der Waals surface area contributed by atoms with Crippen LogP contribution in [0.25, 0.3) is 16.5 Å². The van der Waals surface area contributed by atoms with Crippen LogP contribution in [-0.4, -0.2) is 32.8 Å². The number of nitrogens with zero attached hydrogens (tertiary/aromatic N) is 4. The van der Waals surface area contributed by atoms with Crippen molar-refractivity contribution in [2.75, 3.05) is 12.4 Å². The molecule has 1 N–H and O–H groups in total. The van der Waals surface area contributed by atoms with Crippen LogP contribution >= 0.6 is 0 Å². The lowest BCUT2D eigenvalue weighted by atomic mass is 10.1. The number of pyridine rings is 2. The van der Waals surface area contributed by atoms with Gasteiger partial charge in [-0.1, -0.05) is 6.07 Å². The number of alkyl halides is 3. The molecular formula is C21H16F3N5O2. The number of methoxy groups -OCH3 is 1. The number of ether oxygens (including phenoxy) is 1. The highest BCUT2D eigenvalue weighted by molar-refractivity contribution is 6.05. The number of rotatable bonds is 4. The Hall–Kier alpha value is -3.95. The fourth-order valence-electron chi connectivity index (χ4n) is 3.07. The van der Waals surface area contributed by atoms with Crippen LogP contribution in [0.15, 0.2) is 55.0 Å². The van der Waals surface area contributed by atoms with Gasteiger partial charge in [0.1, 0.15) is 5.69 Å². The van der Waals surface area contributed by atoms with Crippen molar-refractivity contribution >= 4 is 22.4 Å². The standard InChI is InChI=1S/C21H16F3N5O2/c1-12-16(19(30)28-13-6-8-25-18(10-13)21(22,23)24)11-27-29(12)17-5-3-4-15-14(17)7-9-26-20(15)31-2/h3-11H,1-2H3,(H,25,28,30)/i1D3. The number of aromatic nitrogens is 4. The Labute approximate surface area is 178 Å². The second-order valence-corrected chi connectivity index (χ2v) is 6.39. The van der Waals surface area contributed by atoms with E-state index in [0.717, 1.165) is 23.1 Å². The minimum atomic E-state index is -4.71. The second-order valence-electron chi connectivity index (χ2n) is 6.39. The summed E-state index contributed by atoms with van der Waals surface area (Å²) in [5.74, 6) is -0.616. The number of benzene rings is 1. The topological polar surface area (TPSA) is 81.9 Å². The largest absolute Gasteiger partial charge is 0.481 e. The summed E-state index contributed by atoms with van der Waals surface area (Å²) in [6, 6.07) is 8.47. The summed E-state index contributed by atoms with van der Waals surface area (Å²) in [4.78, 5) is 20.3. The first-order valence-corrected chi connectivity index (χ1v) is 8.86. The predicted octanol–water partition coefficient (Wildman–Crippen LogP) is 4.40. The molecule has 0 aliphatic carbocycles. The SMILES string of the molecule is [2H]C([2H])([2H])c1c(C(=O)Nc2ccnc(C(F)(F)F)c2)cnn1-c1cccc2c(OC)nccc12. The van der Waals surface area contributed by atoms with Crippen LogP contribution in [0.2, 0.25) is 0 Å². The number of hydrogen-bond donors (Lipinski definition) is 1. The Kier molecular flexibility index (Phi) is 4.18. The molecule has 0 spiro atoms. The molecule has 0 bridgehead atoms. The smallest absolute Gasteiger partial charge is 0.433 e. The Balaban J connectivity index is 1.80. The third kappa shape index (κ3) is 3.79. The van der Waals surface area contributed by atoms with Crippen molar-refractivity contribution in [3.63, 3.8) is 0 Å². The Morgan fingerprint density at radius 1 is 1.16 bits per heavy atom. The van der Waals surface area contributed by atoms with Crippen LogP contribution in [0.4, 0.5) is 18.9 Å². The molecule has 0 radical (unpaired) electrons. The number of halogens is 3. The zero-order chi connectivity index (χ0) is 24.7. The Bertz CT molecular complexity index is 1390. The number of hydrogen-bond acceptors (Lipinski definition) is 5. The third-order valence-corrected chi connectivity index (χ3v) is 4.49. The molecule has 4 rings (SSSR count). The van der Waals surface area contributed by atoms with E-state index in [1.807, 2.05) is 0 Å². The van der Waals surface area contributed by atoms with Crippen LogP contribution < -0.4 is 10.1 Å². The molecule has 0 fully saturated rings. The molecule has 31 heavy (non-hydrogen) atoms. The van der Waals surface area contributed by atoms with E-state index in [9.17, 15) is 18.0 Å². The van der Waals surface area contributed by atoms with Crippen molar-refractivity contribution in [1.82, 2.24) is 19.7 Å². The molecule has 0 unspecified atom stereocenters. The molecule has 1 aromatic carbocycles. The lowest BCUT2D eigenvalue weighted by molar-refractivity contribution is -0.141. The first kappa shape index (κ1) is 16.8. The lowest BCUT2D eigenvalue weighted by Crippen LogP contribution is -2.15. The van der Waals surface area contributed by atoms with Crippen molar-refractivity contribution in [1.29, 1.82) is 0 Å². The predicted molar refractivity (Wildman–Crippen MR) is 107 cm³/mol. The van der Waals surface area contributed by atoms with Gasteiger partial charge in [-0.25, -0.2) is 9.67 Å². The molecule has 4 aromatic rings. The molecule has 0 saturated carbocycles. The molecule has 1 amide bonds. The number of anilines is 1. The minimum absolute atomic E-state index is 0.197. The highest BCUT2D eigenvalue weighted by Gasteiger charge is 2.32. The van der Waals surface area contributed by atoms with E-state index in [0.29, 0.717) is 28.4 Å². The summed E-state index contributed by atoms with van der Waals surface area (Å²) in [5, 5.41) is 7.57. The number of nitrogens with one attached hydrogen (secondary N) is 1. The van der Waals surface area contributed by atoms with Crippen LogP contribution in [-0.2, 0) is 6.18 Å². The van der Waals surface area contributed by atoms with E-state index < -0.39 is 30.3 Å². The third-order valence-electron chi connectivity index (χ3n) is 4.49. The maximum atomic E-state index is 12.9. The summed E-state index contributed by atoms with van der Waals surface area (Å²) in [6.07, 6.45) is -1.28. The van der Waals surface area contributed by atoms with Gasteiger partial charge in [0, 0.05) is 33.0 Å². The zero-order valence-corrected chi connectivity index (χ0v) is 15.9. The van der Waals surface area contributed by atoms with Crippen molar-refractivity contribution < 1.29 is 26.8 Å². The molecular weight excluding hydrogens is 411 g/mol. The Morgan fingerprint density at radius 3 is 2.71 bits per heavy atom. The van der Waals surface area contributed by atoms with Gasteiger partial charge in [0.15, 0.2) is 0 Å². The number of carbonyl (C=O) groups excluding carboxylic acids is 1. The average Bonchev–Trinajstić information content (AvgIpc) is 3.24. The van der Waals surface area contributed by atoms with E-state index in [2.05, 4.69) is 20.4 Å².